The number of benzene rings is 1. The Morgan fingerprint density at radius 2 is 2.04 bits per heavy atom. The lowest BCUT2D eigenvalue weighted by Crippen LogP contribution is -2.30. The Morgan fingerprint density at radius 3 is 2.65 bits per heavy atom. The molecule has 0 unspecified atom stereocenters. The van der Waals surface area contributed by atoms with E-state index in [0.717, 1.165) is 18.4 Å². The summed E-state index contributed by atoms with van der Waals surface area (Å²) in [5.74, 6) is -0.911. The second kappa shape index (κ2) is 7.25. The molecule has 1 aromatic rings. The van der Waals surface area contributed by atoms with Gasteiger partial charge in [0.2, 0.25) is 10.0 Å². The van der Waals surface area contributed by atoms with Crippen LogP contribution in [-0.2, 0) is 14.8 Å². The number of sulfonamides is 1. The molecule has 6 nitrogen and oxygen atoms in total. The average Bonchev–Trinajstić information content (AvgIpc) is 2.53. The molecule has 1 aliphatic rings. The number of ether oxygens (including phenoxy) is 1. The van der Waals surface area contributed by atoms with E-state index in [1.54, 1.807) is 6.92 Å². The lowest BCUT2D eigenvalue weighted by Gasteiger charge is -2.24. The van der Waals surface area contributed by atoms with Crippen LogP contribution in [0.15, 0.2) is 35.2 Å². The molecule has 126 valence electrons. The molecular formula is C16H21NO5S. The summed E-state index contributed by atoms with van der Waals surface area (Å²) in [7, 11) is -3.79. The molecular weight excluding hydrogens is 318 g/mol. The zero-order valence-electron chi connectivity index (χ0n) is 13.0. The van der Waals surface area contributed by atoms with Crippen molar-refractivity contribution in [1.82, 2.24) is 4.72 Å². The highest BCUT2D eigenvalue weighted by atomic mass is 32.2. The molecule has 1 saturated heterocycles. The summed E-state index contributed by atoms with van der Waals surface area (Å²) in [6, 6.07) is 4.06. The highest BCUT2D eigenvalue weighted by Gasteiger charge is 2.21. The lowest BCUT2D eigenvalue weighted by molar-refractivity contribution is 0.0696. The standard InChI is InChI=1S/C16H21NO5S/c1-11-3-4-14(16(18)19)9-15(11)23(20,21)17-10-12(2)13-5-7-22-8-6-13/h3-4,9,13,17H,2,5-8,10H2,1H3,(H,18,19). The fraction of sp³-hybridized carbons (Fsp3) is 0.438. The highest BCUT2D eigenvalue weighted by Crippen LogP contribution is 2.22. The minimum atomic E-state index is -3.79. The number of carboxylic acid groups (broad SMARTS) is 1. The van der Waals surface area contributed by atoms with Crippen molar-refractivity contribution in [3.05, 3.63) is 41.5 Å². The summed E-state index contributed by atoms with van der Waals surface area (Å²) < 4.78 is 32.7. The van der Waals surface area contributed by atoms with Gasteiger partial charge in [0.1, 0.15) is 0 Å². The van der Waals surface area contributed by atoms with Gasteiger partial charge in [0, 0.05) is 19.8 Å². The Hall–Kier alpha value is -1.70. The van der Waals surface area contributed by atoms with Crippen molar-refractivity contribution in [1.29, 1.82) is 0 Å². The fourth-order valence-electron chi connectivity index (χ4n) is 2.54. The summed E-state index contributed by atoms with van der Waals surface area (Å²) >= 11 is 0. The molecule has 0 saturated carbocycles. The first-order valence-electron chi connectivity index (χ1n) is 7.40. The Morgan fingerprint density at radius 1 is 1.39 bits per heavy atom. The molecule has 1 heterocycles. The molecule has 0 aliphatic carbocycles. The van der Waals surface area contributed by atoms with Crippen LogP contribution in [0.5, 0.6) is 0 Å². The van der Waals surface area contributed by atoms with Gasteiger partial charge in [-0.3, -0.25) is 0 Å². The van der Waals surface area contributed by atoms with E-state index < -0.39 is 16.0 Å². The normalized spacial score (nSPS) is 16.2. The SMILES string of the molecule is C=C(CNS(=O)(=O)c1cc(C(=O)O)ccc1C)C1CCOCC1. The number of hydrogen-bond acceptors (Lipinski definition) is 4. The van der Waals surface area contributed by atoms with Crippen molar-refractivity contribution in [3.63, 3.8) is 0 Å². The quantitative estimate of drug-likeness (QED) is 0.773. The molecule has 2 N–H and O–H groups in total. The molecule has 0 amide bonds. The summed E-state index contributed by atoms with van der Waals surface area (Å²) in [5, 5.41) is 9.01. The number of rotatable bonds is 6. The maximum Gasteiger partial charge on any atom is 0.335 e. The zero-order chi connectivity index (χ0) is 17.0. The number of carbonyl (C=O) groups is 1. The van der Waals surface area contributed by atoms with Crippen molar-refractivity contribution in [2.75, 3.05) is 19.8 Å². The third kappa shape index (κ3) is 4.40. The van der Waals surface area contributed by atoms with Gasteiger partial charge in [-0.25, -0.2) is 17.9 Å². The van der Waals surface area contributed by atoms with Gasteiger partial charge in [0.05, 0.1) is 10.5 Å². The second-order valence-electron chi connectivity index (χ2n) is 5.65. The van der Waals surface area contributed by atoms with Gasteiger partial charge in [-0.2, -0.15) is 0 Å². The average molecular weight is 339 g/mol. The summed E-state index contributed by atoms with van der Waals surface area (Å²) in [6.07, 6.45) is 1.68. The Balaban J connectivity index is 2.11. The van der Waals surface area contributed by atoms with Crippen molar-refractivity contribution in [2.45, 2.75) is 24.7 Å². The summed E-state index contributed by atoms with van der Waals surface area (Å²) in [4.78, 5) is 11.0. The Kier molecular flexibility index (Phi) is 5.56. The van der Waals surface area contributed by atoms with E-state index in [1.165, 1.54) is 18.2 Å². The van der Waals surface area contributed by atoms with Gasteiger partial charge in [0.15, 0.2) is 0 Å². The molecule has 1 aliphatic heterocycles. The number of carboxylic acids is 1. The molecule has 0 aromatic heterocycles. The minimum Gasteiger partial charge on any atom is -0.478 e. The maximum absolute atomic E-state index is 12.4. The van der Waals surface area contributed by atoms with E-state index in [2.05, 4.69) is 11.3 Å². The maximum atomic E-state index is 12.4. The first-order valence-corrected chi connectivity index (χ1v) is 8.88. The van der Waals surface area contributed by atoms with Crippen LogP contribution in [0.25, 0.3) is 0 Å². The van der Waals surface area contributed by atoms with Crippen LogP contribution in [0.3, 0.4) is 0 Å². The molecule has 0 spiro atoms. The predicted octanol–water partition coefficient (Wildman–Crippen LogP) is 1.95. The summed E-state index contributed by atoms with van der Waals surface area (Å²) in [5.41, 5.74) is 1.27. The highest BCUT2D eigenvalue weighted by molar-refractivity contribution is 7.89. The minimum absolute atomic E-state index is 0.0165. The van der Waals surface area contributed by atoms with Gasteiger partial charge < -0.3 is 9.84 Å². The van der Waals surface area contributed by atoms with Crippen LogP contribution in [-0.4, -0.2) is 39.3 Å². The van der Waals surface area contributed by atoms with Crippen LogP contribution in [0.1, 0.15) is 28.8 Å². The van der Waals surface area contributed by atoms with E-state index in [4.69, 9.17) is 9.84 Å². The second-order valence-corrected chi connectivity index (χ2v) is 7.39. The number of nitrogens with one attached hydrogen (secondary N) is 1. The van der Waals surface area contributed by atoms with Crippen molar-refractivity contribution >= 4 is 16.0 Å². The topological polar surface area (TPSA) is 92.7 Å². The van der Waals surface area contributed by atoms with Crippen LogP contribution < -0.4 is 4.72 Å². The molecule has 1 aromatic carbocycles. The molecule has 0 atom stereocenters. The van der Waals surface area contributed by atoms with E-state index in [1.807, 2.05) is 0 Å². The van der Waals surface area contributed by atoms with Gasteiger partial charge in [0.25, 0.3) is 0 Å². The predicted molar refractivity (Wildman–Crippen MR) is 86.0 cm³/mol. The van der Waals surface area contributed by atoms with Crippen LogP contribution >= 0.6 is 0 Å². The van der Waals surface area contributed by atoms with Gasteiger partial charge >= 0.3 is 5.97 Å². The molecule has 2 rings (SSSR count). The first kappa shape index (κ1) is 17.7. The van der Waals surface area contributed by atoms with Gasteiger partial charge in [-0.1, -0.05) is 18.2 Å². The monoisotopic (exact) mass is 339 g/mol. The summed E-state index contributed by atoms with van der Waals surface area (Å²) in [6.45, 7) is 7.07. The first-order chi connectivity index (χ1) is 10.8. The molecule has 1 fully saturated rings. The molecule has 0 bridgehead atoms. The van der Waals surface area contributed by atoms with Crippen molar-refractivity contribution < 1.29 is 23.1 Å². The third-order valence-electron chi connectivity index (χ3n) is 4.01. The zero-order valence-corrected chi connectivity index (χ0v) is 13.9. The van der Waals surface area contributed by atoms with E-state index in [9.17, 15) is 13.2 Å². The smallest absolute Gasteiger partial charge is 0.335 e. The van der Waals surface area contributed by atoms with Crippen LogP contribution in [0.2, 0.25) is 0 Å². The van der Waals surface area contributed by atoms with Crippen LogP contribution in [0, 0.1) is 12.8 Å². The molecule has 7 heteroatoms. The largest absolute Gasteiger partial charge is 0.478 e. The number of hydrogen-bond donors (Lipinski definition) is 2. The lowest BCUT2D eigenvalue weighted by atomic mass is 9.93. The molecule has 0 radical (unpaired) electrons. The number of aryl methyl sites for hydroxylation is 1. The Labute approximate surface area is 136 Å². The van der Waals surface area contributed by atoms with Crippen LogP contribution in [0.4, 0.5) is 0 Å². The number of aromatic carboxylic acids is 1. The van der Waals surface area contributed by atoms with Gasteiger partial charge in [-0.15, -0.1) is 0 Å². The van der Waals surface area contributed by atoms with Crippen molar-refractivity contribution in [3.8, 4) is 0 Å². The molecule has 23 heavy (non-hydrogen) atoms. The van der Waals surface area contributed by atoms with E-state index >= 15 is 0 Å². The third-order valence-corrected chi connectivity index (χ3v) is 5.56. The van der Waals surface area contributed by atoms with Gasteiger partial charge in [-0.05, 0) is 43.4 Å². The fourth-order valence-corrected chi connectivity index (χ4v) is 3.84. The van der Waals surface area contributed by atoms with E-state index in [0.29, 0.717) is 18.8 Å². The van der Waals surface area contributed by atoms with E-state index in [-0.39, 0.29) is 22.9 Å². The van der Waals surface area contributed by atoms with Crippen molar-refractivity contribution in [2.24, 2.45) is 5.92 Å². The Bertz CT molecular complexity index is 705.